The molecule has 4 nitrogen and oxygen atoms in total. The minimum atomic E-state index is -0.142. The molecule has 0 aromatic rings. The smallest absolute Gasteiger partial charge is 0.237 e. The first-order valence-electron chi connectivity index (χ1n) is 4.88. The van der Waals surface area contributed by atoms with Crippen molar-refractivity contribution in [1.82, 2.24) is 10.6 Å². The van der Waals surface area contributed by atoms with E-state index < -0.39 is 0 Å². The van der Waals surface area contributed by atoms with E-state index in [1.807, 2.05) is 0 Å². The van der Waals surface area contributed by atoms with Crippen LogP contribution in [0.25, 0.3) is 0 Å². The van der Waals surface area contributed by atoms with Gasteiger partial charge in [0.1, 0.15) is 0 Å². The highest BCUT2D eigenvalue weighted by Gasteiger charge is 2.20. The van der Waals surface area contributed by atoms with E-state index in [0.717, 1.165) is 25.8 Å². The number of piperidine rings is 1. The molecular weight excluding hydrogens is 168 g/mol. The summed E-state index contributed by atoms with van der Waals surface area (Å²) >= 11 is 0. The van der Waals surface area contributed by atoms with E-state index in [1.165, 1.54) is 0 Å². The number of hydrogen-bond acceptors (Lipinski definition) is 3. The van der Waals surface area contributed by atoms with Crippen molar-refractivity contribution in [3.05, 3.63) is 0 Å². The zero-order valence-corrected chi connectivity index (χ0v) is 8.05. The molecule has 1 fully saturated rings. The topological polar surface area (TPSA) is 61.4 Å². The van der Waals surface area contributed by atoms with Gasteiger partial charge in [-0.2, -0.15) is 0 Å². The Labute approximate surface area is 78.7 Å². The molecule has 3 N–H and O–H groups in total. The lowest BCUT2D eigenvalue weighted by molar-refractivity contribution is -0.124. The maximum atomic E-state index is 11.5. The molecule has 0 aromatic heterocycles. The number of aliphatic hydroxyl groups is 1. The zero-order valence-electron chi connectivity index (χ0n) is 8.05. The summed E-state index contributed by atoms with van der Waals surface area (Å²) in [6.45, 7) is 2.71. The fourth-order valence-electron chi connectivity index (χ4n) is 1.46. The molecule has 1 saturated heterocycles. The van der Waals surface area contributed by atoms with Gasteiger partial charge in [-0.3, -0.25) is 4.79 Å². The average Bonchev–Trinajstić information content (AvgIpc) is 2.19. The van der Waals surface area contributed by atoms with E-state index in [1.54, 1.807) is 6.92 Å². The molecule has 0 aliphatic carbocycles. The minimum absolute atomic E-state index is 0.00153. The third-order valence-electron chi connectivity index (χ3n) is 2.29. The molecule has 13 heavy (non-hydrogen) atoms. The van der Waals surface area contributed by atoms with Crippen LogP contribution < -0.4 is 10.6 Å². The van der Waals surface area contributed by atoms with Gasteiger partial charge >= 0.3 is 0 Å². The minimum Gasteiger partial charge on any atom is -0.394 e. The number of carbonyl (C=O) groups excluding carboxylic acids is 1. The molecule has 0 saturated carbocycles. The van der Waals surface area contributed by atoms with Crippen LogP contribution in [0.15, 0.2) is 0 Å². The highest BCUT2D eigenvalue weighted by molar-refractivity contribution is 5.82. The van der Waals surface area contributed by atoms with Crippen molar-refractivity contribution in [2.45, 2.75) is 38.3 Å². The summed E-state index contributed by atoms with van der Waals surface area (Å²) in [6, 6.07) is -0.195. The number of rotatable bonds is 3. The fourth-order valence-corrected chi connectivity index (χ4v) is 1.46. The van der Waals surface area contributed by atoms with Gasteiger partial charge < -0.3 is 15.7 Å². The van der Waals surface area contributed by atoms with Gasteiger partial charge in [-0.15, -0.1) is 0 Å². The average molecular weight is 186 g/mol. The Morgan fingerprint density at radius 2 is 2.46 bits per heavy atom. The maximum Gasteiger partial charge on any atom is 0.237 e. The molecule has 1 aliphatic rings. The van der Waals surface area contributed by atoms with Crippen molar-refractivity contribution in [3.8, 4) is 0 Å². The SMILES string of the molecule is C[C@@H](CO)NC(=O)[C@@H]1CCCCN1. The highest BCUT2D eigenvalue weighted by Crippen LogP contribution is 2.06. The van der Waals surface area contributed by atoms with E-state index >= 15 is 0 Å². The summed E-state index contributed by atoms with van der Waals surface area (Å²) in [6.07, 6.45) is 3.17. The fraction of sp³-hybridized carbons (Fsp3) is 0.889. The van der Waals surface area contributed by atoms with Gasteiger partial charge in [0.05, 0.1) is 12.6 Å². The summed E-state index contributed by atoms with van der Waals surface area (Å²) in [5.41, 5.74) is 0. The van der Waals surface area contributed by atoms with Gasteiger partial charge in [0.2, 0.25) is 5.91 Å². The van der Waals surface area contributed by atoms with Crippen LogP contribution >= 0.6 is 0 Å². The van der Waals surface area contributed by atoms with Crippen molar-refractivity contribution >= 4 is 5.91 Å². The van der Waals surface area contributed by atoms with Crippen LogP contribution in [-0.2, 0) is 4.79 Å². The standard InChI is InChI=1S/C9H18N2O2/c1-7(6-12)11-9(13)8-4-2-3-5-10-8/h7-8,10,12H,2-6H2,1H3,(H,11,13)/t7-,8-/m0/s1. The lowest BCUT2D eigenvalue weighted by atomic mass is 10.0. The van der Waals surface area contributed by atoms with Gasteiger partial charge in [-0.05, 0) is 26.3 Å². The number of carbonyl (C=O) groups is 1. The first-order valence-corrected chi connectivity index (χ1v) is 4.88. The molecule has 0 radical (unpaired) electrons. The second-order valence-electron chi connectivity index (χ2n) is 3.59. The lowest BCUT2D eigenvalue weighted by Gasteiger charge is -2.23. The van der Waals surface area contributed by atoms with Crippen molar-refractivity contribution in [1.29, 1.82) is 0 Å². The zero-order chi connectivity index (χ0) is 9.68. The molecule has 0 spiro atoms. The normalized spacial score (nSPS) is 25.2. The number of nitrogens with one attached hydrogen (secondary N) is 2. The van der Waals surface area contributed by atoms with Gasteiger partial charge in [0.25, 0.3) is 0 Å². The molecule has 0 bridgehead atoms. The molecule has 1 rings (SSSR count). The lowest BCUT2D eigenvalue weighted by Crippen LogP contribution is -2.49. The molecular formula is C9H18N2O2. The highest BCUT2D eigenvalue weighted by atomic mass is 16.3. The van der Waals surface area contributed by atoms with Crippen LogP contribution in [0, 0.1) is 0 Å². The van der Waals surface area contributed by atoms with Gasteiger partial charge in [-0.1, -0.05) is 6.42 Å². The predicted octanol–water partition coefficient (Wildman–Crippen LogP) is -0.374. The summed E-state index contributed by atoms with van der Waals surface area (Å²) in [5.74, 6) is 0.0150. The third kappa shape index (κ3) is 3.32. The van der Waals surface area contributed by atoms with Crippen molar-refractivity contribution in [2.24, 2.45) is 0 Å². The Balaban J connectivity index is 2.29. The van der Waals surface area contributed by atoms with Gasteiger partial charge in [0.15, 0.2) is 0 Å². The van der Waals surface area contributed by atoms with Crippen LogP contribution in [0.5, 0.6) is 0 Å². The quantitative estimate of drug-likeness (QED) is 0.563. The van der Waals surface area contributed by atoms with Crippen LogP contribution in [0.4, 0.5) is 0 Å². The second-order valence-corrected chi connectivity index (χ2v) is 3.59. The molecule has 4 heteroatoms. The van der Waals surface area contributed by atoms with E-state index in [-0.39, 0.29) is 24.6 Å². The van der Waals surface area contributed by atoms with E-state index in [0.29, 0.717) is 0 Å². The molecule has 2 atom stereocenters. The Morgan fingerprint density at radius 3 is 3.00 bits per heavy atom. The molecule has 0 aromatic carbocycles. The van der Waals surface area contributed by atoms with E-state index in [2.05, 4.69) is 10.6 Å². The predicted molar refractivity (Wildman–Crippen MR) is 50.3 cm³/mol. The molecule has 1 heterocycles. The Kier molecular flexibility index (Phi) is 4.18. The first-order chi connectivity index (χ1) is 6.24. The second kappa shape index (κ2) is 5.19. The van der Waals surface area contributed by atoms with Crippen molar-refractivity contribution in [2.75, 3.05) is 13.2 Å². The summed E-state index contributed by atoms with van der Waals surface area (Å²) in [4.78, 5) is 11.5. The summed E-state index contributed by atoms with van der Waals surface area (Å²) in [5, 5.41) is 14.6. The third-order valence-corrected chi connectivity index (χ3v) is 2.29. The maximum absolute atomic E-state index is 11.5. The number of amides is 1. The molecule has 76 valence electrons. The van der Waals surface area contributed by atoms with Crippen LogP contribution in [0.3, 0.4) is 0 Å². The van der Waals surface area contributed by atoms with Crippen LogP contribution in [-0.4, -0.2) is 36.2 Å². The van der Waals surface area contributed by atoms with Crippen LogP contribution in [0.2, 0.25) is 0 Å². The largest absolute Gasteiger partial charge is 0.394 e. The molecule has 0 unspecified atom stereocenters. The molecule has 1 aliphatic heterocycles. The molecule has 1 amide bonds. The number of aliphatic hydroxyl groups excluding tert-OH is 1. The number of hydrogen-bond donors (Lipinski definition) is 3. The summed E-state index contributed by atoms with van der Waals surface area (Å²) < 4.78 is 0. The van der Waals surface area contributed by atoms with E-state index in [4.69, 9.17) is 5.11 Å². The van der Waals surface area contributed by atoms with Crippen molar-refractivity contribution in [3.63, 3.8) is 0 Å². The van der Waals surface area contributed by atoms with Crippen molar-refractivity contribution < 1.29 is 9.90 Å². The van der Waals surface area contributed by atoms with Gasteiger partial charge in [-0.25, -0.2) is 0 Å². The summed E-state index contributed by atoms with van der Waals surface area (Å²) in [7, 11) is 0. The van der Waals surface area contributed by atoms with E-state index in [9.17, 15) is 4.79 Å². The Hall–Kier alpha value is -0.610. The Bertz CT molecular complexity index is 167. The first kappa shape index (κ1) is 10.5. The Morgan fingerprint density at radius 1 is 1.69 bits per heavy atom. The van der Waals surface area contributed by atoms with Crippen LogP contribution in [0.1, 0.15) is 26.2 Å². The van der Waals surface area contributed by atoms with Gasteiger partial charge in [0, 0.05) is 6.04 Å². The monoisotopic (exact) mass is 186 g/mol.